The molecule has 0 aliphatic heterocycles. The number of halogens is 2. The minimum atomic E-state index is -0.644. The van der Waals surface area contributed by atoms with Crippen molar-refractivity contribution in [3.63, 3.8) is 0 Å². The van der Waals surface area contributed by atoms with Crippen LogP contribution in [0, 0.1) is 17.6 Å². The molecule has 0 bridgehead atoms. The first-order valence-corrected chi connectivity index (χ1v) is 4.30. The fourth-order valence-electron chi connectivity index (χ4n) is 1.11. The van der Waals surface area contributed by atoms with Gasteiger partial charge in [-0.25, -0.2) is 13.8 Å². The third kappa shape index (κ3) is 2.14. The van der Waals surface area contributed by atoms with E-state index in [0.717, 1.165) is 18.8 Å². The van der Waals surface area contributed by atoms with Crippen LogP contribution in [0.2, 0.25) is 0 Å². The van der Waals surface area contributed by atoms with Gasteiger partial charge in [0.15, 0.2) is 11.6 Å². The zero-order valence-electron chi connectivity index (χ0n) is 7.06. The molecule has 1 aliphatic rings. The Bertz CT molecular complexity index is 310. The Balaban J connectivity index is 2.01. The highest BCUT2D eigenvalue weighted by Gasteiger charge is 2.21. The Hall–Kier alpha value is -1.19. The smallest absolute Gasteiger partial charge is 0.168 e. The number of aromatic nitrogens is 1. The summed E-state index contributed by atoms with van der Waals surface area (Å²) in [6.45, 7) is 0.732. The molecule has 1 fully saturated rings. The monoisotopic (exact) mass is 184 g/mol. The second-order valence-corrected chi connectivity index (χ2v) is 3.31. The standard InChI is InChI=1S/C9H10F2N2/c10-7-3-8(11)9(13-5-7)12-4-6-1-2-6/h3,5-6H,1-2,4H2,(H,12,13). The van der Waals surface area contributed by atoms with Crippen LogP contribution in [0.25, 0.3) is 0 Å². The number of rotatable bonds is 3. The molecule has 0 radical (unpaired) electrons. The summed E-state index contributed by atoms with van der Waals surface area (Å²) in [5, 5.41) is 2.85. The summed E-state index contributed by atoms with van der Waals surface area (Å²) in [5.41, 5.74) is 0. The number of pyridine rings is 1. The predicted molar refractivity (Wildman–Crippen MR) is 45.4 cm³/mol. The van der Waals surface area contributed by atoms with Crippen molar-refractivity contribution < 1.29 is 8.78 Å². The van der Waals surface area contributed by atoms with Crippen molar-refractivity contribution in [2.75, 3.05) is 11.9 Å². The van der Waals surface area contributed by atoms with Gasteiger partial charge in [0, 0.05) is 12.6 Å². The molecule has 13 heavy (non-hydrogen) atoms. The minimum Gasteiger partial charge on any atom is -0.367 e. The van der Waals surface area contributed by atoms with Crippen LogP contribution in [0.3, 0.4) is 0 Å². The number of hydrogen-bond acceptors (Lipinski definition) is 2. The summed E-state index contributed by atoms with van der Waals surface area (Å²) < 4.78 is 25.4. The maximum absolute atomic E-state index is 13.0. The van der Waals surface area contributed by atoms with Gasteiger partial charge >= 0.3 is 0 Å². The first-order chi connectivity index (χ1) is 6.25. The molecule has 1 aliphatic carbocycles. The minimum absolute atomic E-state index is 0.147. The van der Waals surface area contributed by atoms with Gasteiger partial charge in [-0.3, -0.25) is 0 Å². The summed E-state index contributed by atoms with van der Waals surface area (Å²) in [4.78, 5) is 3.62. The molecule has 0 saturated heterocycles. The van der Waals surface area contributed by atoms with E-state index in [9.17, 15) is 8.78 Å². The molecule has 2 rings (SSSR count). The van der Waals surface area contributed by atoms with E-state index in [1.807, 2.05) is 0 Å². The molecule has 4 heteroatoms. The van der Waals surface area contributed by atoms with E-state index in [1.165, 1.54) is 12.8 Å². The lowest BCUT2D eigenvalue weighted by molar-refractivity contribution is 0.575. The molecule has 0 spiro atoms. The molecule has 1 aromatic heterocycles. The summed E-state index contributed by atoms with van der Waals surface area (Å²) in [6.07, 6.45) is 3.39. The van der Waals surface area contributed by atoms with Gasteiger partial charge in [0.1, 0.15) is 5.82 Å². The molecule has 0 amide bonds. The maximum Gasteiger partial charge on any atom is 0.168 e. The average molecular weight is 184 g/mol. The van der Waals surface area contributed by atoms with Crippen LogP contribution in [0.5, 0.6) is 0 Å². The van der Waals surface area contributed by atoms with Crippen LogP contribution in [0.1, 0.15) is 12.8 Å². The molecular weight excluding hydrogens is 174 g/mol. The summed E-state index contributed by atoms with van der Waals surface area (Å²) in [6, 6.07) is 0.836. The first kappa shape index (κ1) is 8.41. The second kappa shape index (κ2) is 3.28. The largest absolute Gasteiger partial charge is 0.367 e. The van der Waals surface area contributed by atoms with E-state index in [2.05, 4.69) is 10.3 Å². The van der Waals surface area contributed by atoms with E-state index >= 15 is 0 Å². The maximum atomic E-state index is 13.0. The second-order valence-electron chi connectivity index (χ2n) is 3.31. The van der Waals surface area contributed by atoms with Crippen molar-refractivity contribution >= 4 is 5.82 Å². The third-order valence-electron chi connectivity index (χ3n) is 2.06. The fourth-order valence-corrected chi connectivity index (χ4v) is 1.11. The molecule has 0 unspecified atom stereocenters. The van der Waals surface area contributed by atoms with Crippen molar-refractivity contribution in [1.29, 1.82) is 0 Å². The molecule has 1 saturated carbocycles. The lowest BCUT2D eigenvalue weighted by atomic mass is 10.4. The highest BCUT2D eigenvalue weighted by Crippen LogP contribution is 2.28. The number of nitrogens with one attached hydrogen (secondary N) is 1. The Kier molecular flexibility index (Phi) is 2.12. The highest BCUT2D eigenvalue weighted by atomic mass is 19.1. The van der Waals surface area contributed by atoms with Crippen molar-refractivity contribution in [1.82, 2.24) is 4.98 Å². The molecule has 70 valence electrons. The summed E-state index contributed by atoms with van der Waals surface area (Å²) in [7, 11) is 0. The van der Waals surface area contributed by atoms with Gasteiger partial charge in [0.25, 0.3) is 0 Å². The molecule has 1 aromatic rings. The van der Waals surface area contributed by atoms with E-state index in [1.54, 1.807) is 0 Å². The Labute approximate surface area is 75.0 Å². The van der Waals surface area contributed by atoms with Crippen LogP contribution in [0.15, 0.2) is 12.3 Å². The Morgan fingerprint density at radius 3 is 2.85 bits per heavy atom. The van der Waals surface area contributed by atoms with Crippen molar-refractivity contribution in [3.05, 3.63) is 23.9 Å². The number of nitrogens with zero attached hydrogens (tertiary/aromatic N) is 1. The van der Waals surface area contributed by atoms with Gasteiger partial charge in [-0.15, -0.1) is 0 Å². The molecule has 1 N–H and O–H groups in total. The van der Waals surface area contributed by atoms with Crippen LogP contribution in [0.4, 0.5) is 14.6 Å². The van der Waals surface area contributed by atoms with Crippen molar-refractivity contribution in [2.24, 2.45) is 5.92 Å². The molecule has 2 nitrogen and oxygen atoms in total. The highest BCUT2D eigenvalue weighted by molar-refractivity contribution is 5.35. The molecule has 0 aromatic carbocycles. The SMILES string of the molecule is Fc1cnc(NCC2CC2)c(F)c1. The van der Waals surface area contributed by atoms with Gasteiger partial charge < -0.3 is 5.32 Å². The van der Waals surface area contributed by atoms with Gasteiger partial charge in [-0.1, -0.05) is 0 Å². The molecule has 0 atom stereocenters. The van der Waals surface area contributed by atoms with Crippen molar-refractivity contribution in [3.8, 4) is 0 Å². The summed E-state index contributed by atoms with van der Waals surface area (Å²) in [5.74, 6) is -0.477. The normalized spacial score (nSPS) is 15.8. The Morgan fingerprint density at radius 2 is 2.23 bits per heavy atom. The van der Waals surface area contributed by atoms with Crippen LogP contribution in [-0.4, -0.2) is 11.5 Å². The Morgan fingerprint density at radius 1 is 1.46 bits per heavy atom. The van der Waals surface area contributed by atoms with Crippen LogP contribution < -0.4 is 5.32 Å². The first-order valence-electron chi connectivity index (χ1n) is 4.30. The quantitative estimate of drug-likeness (QED) is 0.778. The number of hydrogen-bond donors (Lipinski definition) is 1. The molecular formula is C9H10F2N2. The zero-order valence-corrected chi connectivity index (χ0v) is 7.06. The van der Waals surface area contributed by atoms with E-state index in [4.69, 9.17) is 0 Å². The van der Waals surface area contributed by atoms with E-state index < -0.39 is 11.6 Å². The fraction of sp³-hybridized carbons (Fsp3) is 0.444. The summed E-state index contributed by atoms with van der Waals surface area (Å²) >= 11 is 0. The zero-order chi connectivity index (χ0) is 9.26. The van der Waals surface area contributed by atoms with Gasteiger partial charge in [0.05, 0.1) is 6.20 Å². The average Bonchev–Trinajstić information content (AvgIpc) is 2.86. The van der Waals surface area contributed by atoms with Crippen LogP contribution in [-0.2, 0) is 0 Å². The molecule has 1 heterocycles. The lowest BCUT2D eigenvalue weighted by Gasteiger charge is -2.04. The van der Waals surface area contributed by atoms with Gasteiger partial charge in [-0.2, -0.15) is 0 Å². The van der Waals surface area contributed by atoms with Gasteiger partial charge in [0.2, 0.25) is 0 Å². The van der Waals surface area contributed by atoms with E-state index in [-0.39, 0.29) is 5.82 Å². The van der Waals surface area contributed by atoms with Crippen LogP contribution >= 0.6 is 0 Å². The van der Waals surface area contributed by atoms with Gasteiger partial charge in [-0.05, 0) is 18.8 Å². The predicted octanol–water partition coefficient (Wildman–Crippen LogP) is 2.18. The third-order valence-corrected chi connectivity index (χ3v) is 2.06. The topological polar surface area (TPSA) is 24.9 Å². The van der Waals surface area contributed by atoms with E-state index in [0.29, 0.717) is 5.92 Å². The lowest BCUT2D eigenvalue weighted by Crippen LogP contribution is -2.06. The number of anilines is 1. The van der Waals surface area contributed by atoms with Crippen molar-refractivity contribution in [2.45, 2.75) is 12.8 Å².